The maximum Gasteiger partial charge on any atom is 0.248 e. The van der Waals surface area contributed by atoms with Gasteiger partial charge < -0.3 is 16.0 Å². The first-order valence-corrected chi connectivity index (χ1v) is 8.20. The van der Waals surface area contributed by atoms with Crippen LogP contribution in [0.2, 0.25) is 0 Å². The minimum atomic E-state index is -0.712. The molecule has 2 amide bonds. The molecule has 0 saturated carbocycles. The quantitative estimate of drug-likeness (QED) is 0.754. The second-order valence-corrected chi connectivity index (χ2v) is 7.01. The van der Waals surface area contributed by atoms with Gasteiger partial charge in [-0.2, -0.15) is 0 Å². The molecule has 1 unspecified atom stereocenters. The predicted octanol–water partition coefficient (Wildman–Crippen LogP) is 2.45. The molecule has 0 fully saturated rings. The third kappa shape index (κ3) is 2.31. The number of carbonyl (C=O) groups is 2. The van der Waals surface area contributed by atoms with Crippen molar-refractivity contribution in [3.63, 3.8) is 0 Å². The van der Waals surface area contributed by atoms with E-state index in [1.165, 1.54) is 0 Å². The van der Waals surface area contributed by atoms with E-state index in [0.29, 0.717) is 18.5 Å². The molecule has 1 aliphatic heterocycles. The summed E-state index contributed by atoms with van der Waals surface area (Å²) < 4.78 is 2.08. The zero-order valence-corrected chi connectivity index (χ0v) is 14.0. The summed E-state index contributed by atoms with van der Waals surface area (Å²) in [5.41, 5.74) is 15.0. The van der Waals surface area contributed by atoms with Gasteiger partial charge >= 0.3 is 0 Å². The average molecular weight is 333 g/mol. The molecule has 1 aliphatic rings. The zero-order chi connectivity index (χ0) is 17.8. The second-order valence-electron chi connectivity index (χ2n) is 7.01. The van der Waals surface area contributed by atoms with Gasteiger partial charge in [0.15, 0.2) is 0 Å². The van der Waals surface area contributed by atoms with E-state index in [1.807, 2.05) is 31.2 Å². The smallest absolute Gasteiger partial charge is 0.248 e. The Kier molecular flexibility index (Phi) is 3.22. The number of nitrogens with two attached hydrogens (primary N) is 2. The molecule has 1 aromatic heterocycles. The Balaban J connectivity index is 2.06. The van der Waals surface area contributed by atoms with Crippen LogP contribution >= 0.6 is 0 Å². The SMILES string of the molecule is CC1(C(N)=O)Cc2ccccc2-c2cc3ccc(C(N)=O)cc3n2C1. The number of hydrogen-bond donors (Lipinski definition) is 2. The summed E-state index contributed by atoms with van der Waals surface area (Å²) in [6, 6.07) is 15.6. The van der Waals surface area contributed by atoms with Gasteiger partial charge in [0, 0.05) is 34.3 Å². The van der Waals surface area contributed by atoms with Gasteiger partial charge in [-0.25, -0.2) is 0 Å². The summed E-state index contributed by atoms with van der Waals surface area (Å²) in [6.07, 6.45) is 0.581. The Labute approximate surface area is 145 Å². The van der Waals surface area contributed by atoms with E-state index in [1.54, 1.807) is 12.1 Å². The van der Waals surface area contributed by atoms with Crippen molar-refractivity contribution in [1.82, 2.24) is 4.57 Å². The Bertz CT molecular complexity index is 1030. The lowest BCUT2D eigenvalue weighted by Gasteiger charge is -2.25. The number of nitrogens with zero attached hydrogens (tertiary/aromatic N) is 1. The molecule has 4 rings (SSSR count). The molecule has 3 aromatic rings. The van der Waals surface area contributed by atoms with Crippen LogP contribution in [0.5, 0.6) is 0 Å². The van der Waals surface area contributed by atoms with E-state index >= 15 is 0 Å². The third-order valence-corrected chi connectivity index (χ3v) is 5.16. The highest BCUT2D eigenvalue weighted by Gasteiger charge is 2.36. The van der Waals surface area contributed by atoms with Gasteiger partial charge in [-0.1, -0.05) is 30.3 Å². The van der Waals surface area contributed by atoms with Gasteiger partial charge in [0.25, 0.3) is 0 Å². The third-order valence-electron chi connectivity index (χ3n) is 5.16. The van der Waals surface area contributed by atoms with Crippen LogP contribution < -0.4 is 11.5 Å². The summed E-state index contributed by atoms with van der Waals surface area (Å²) >= 11 is 0. The van der Waals surface area contributed by atoms with Crippen LogP contribution in [-0.2, 0) is 17.8 Å². The van der Waals surface area contributed by atoms with Crippen molar-refractivity contribution in [2.45, 2.75) is 19.9 Å². The first-order valence-electron chi connectivity index (χ1n) is 8.20. The van der Waals surface area contributed by atoms with E-state index in [0.717, 1.165) is 27.7 Å². The van der Waals surface area contributed by atoms with Crippen molar-refractivity contribution in [3.05, 3.63) is 59.7 Å². The Morgan fingerprint density at radius 3 is 2.56 bits per heavy atom. The van der Waals surface area contributed by atoms with Crippen molar-refractivity contribution in [3.8, 4) is 11.3 Å². The highest BCUT2D eigenvalue weighted by Crippen LogP contribution is 2.39. The molecule has 1 atom stereocenters. The molecule has 0 aliphatic carbocycles. The topological polar surface area (TPSA) is 91.1 Å². The number of fused-ring (bicyclic) bond motifs is 5. The van der Waals surface area contributed by atoms with Gasteiger partial charge in [0.2, 0.25) is 11.8 Å². The molecule has 4 N–H and O–H groups in total. The lowest BCUT2D eigenvalue weighted by atomic mass is 9.82. The molecule has 0 saturated heterocycles. The van der Waals surface area contributed by atoms with Crippen LogP contribution in [0.1, 0.15) is 22.8 Å². The van der Waals surface area contributed by atoms with Crippen LogP contribution in [0.4, 0.5) is 0 Å². The van der Waals surface area contributed by atoms with Crippen molar-refractivity contribution >= 4 is 22.7 Å². The van der Waals surface area contributed by atoms with E-state index < -0.39 is 11.3 Å². The second kappa shape index (κ2) is 5.21. The van der Waals surface area contributed by atoms with Crippen molar-refractivity contribution in [1.29, 1.82) is 0 Å². The molecular formula is C20H19N3O2. The summed E-state index contributed by atoms with van der Waals surface area (Å²) in [5.74, 6) is -0.799. The van der Waals surface area contributed by atoms with E-state index in [-0.39, 0.29) is 5.91 Å². The Morgan fingerprint density at radius 1 is 1.08 bits per heavy atom. The fraction of sp³-hybridized carbons (Fsp3) is 0.200. The maximum atomic E-state index is 12.2. The highest BCUT2D eigenvalue weighted by molar-refractivity contribution is 5.98. The largest absolute Gasteiger partial charge is 0.369 e. The first-order chi connectivity index (χ1) is 11.9. The van der Waals surface area contributed by atoms with Crippen molar-refractivity contribution < 1.29 is 9.59 Å². The van der Waals surface area contributed by atoms with Crippen LogP contribution in [0, 0.1) is 5.41 Å². The average Bonchev–Trinajstić information content (AvgIpc) is 2.86. The molecule has 0 radical (unpaired) electrons. The van der Waals surface area contributed by atoms with Gasteiger partial charge in [-0.15, -0.1) is 0 Å². The lowest BCUT2D eigenvalue weighted by molar-refractivity contribution is -0.127. The van der Waals surface area contributed by atoms with Gasteiger partial charge in [0.05, 0.1) is 5.41 Å². The normalized spacial score (nSPS) is 19.1. The minimum Gasteiger partial charge on any atom is -0.369 e. The standard InChI is InChI=1S/C20H19N3O2/c1-20(19(22)25)10-14-4-2-3-5-15(14)17-8-12-6-7-13(18(21)24)9-16(12)23(17)11-20/h2-9H,10-11H2,1H3,(H2,21,24)(H2,22,25). The monoisotopic (exact) mass is 333 g/mol. The van der Waals surface area contributed by atoms with Crippen LogP contribution in [-0.4, -0.2) is 16.4 Å². The molecule has 0 spiro atoms. The molecule has 2 aromatic carbocycles. The zero-order valence-electron chi connectivity index (χ0n) is 14.0. The number of primary amides is 2. The summed E-state index contributed by atoms with van der Waals surface area (Å²) in [7, 11) is 0. The molecule has 0 bridgehead atoms. The predicted molar refractivity (Wildman–Crippen MR) is 96.9 cm³/mol. The van der Waals surface area contributed by atoms with E-state index in [4.69, 9.17) is 11.5 Å². The van der Waals surface area contributed by atoms with Gasteiger partial charge in [-0.3, -0.25) is 9.59 Å². The van der Waals surface area contributed by atoms with Crippen LogP contribution in [0.3, 0.4) is 0 Å². The molecule has 2 heterocycles. The fourth-order valence-corrected chi connectivity index (χ4v) is 3.72. The van der Waals surface area contributed by atoms with E-state index in [9.17, 15) is 9.59 Å². The van der Waals surface area contributed by atoms with Crippen molar-refractivity contribution in [2.24, 2.45) is 16.9 Å². The minimum absolute atomic E-state index is 0.331. The molecule has 25 heavy (non-hydrogen) atoms. The molecular weight excluding hydrogens is 314 g/mol. The molecule has 126 valence electrons. The Morgan fingerprint density at radius 2 is 1.84 bits per heavy atom. The molecule has 5 heteroatoms. The van der Waals surface area contributed by atoms with Gasteiger partial charge in [-0.05, 0) is 37.1 Å². The van der Waals surface area contributed by atoms with E-state index in [2.05, 4.69) is 16.7 Å². The number of aromatic nitrogens is 1. The van der Waals surface area contributed by atoms with Gasteiger partial charge in [0.1, 0.15) is 0 Å². The lowest BCUT2D eigenvalue weighted by Crippen LogP contribution is -2.39. The number of benzene rings is 2. The number of rotatable bonds is 2. The first kappa shape index (κ1) is 15.4. The summed E-state index contributed by atoms with van der Waals surface area (Å²) in [5, 5.41) is 1.00. The number of amides is 2. The fourth-order valence-electron chi connectivity index (χ4n) is 3.72. The highest BCUT2D eigenvalue weighted by atomic mass is 16.1. The van der Waals surface area contributed by atoms with Crippen LogP contribution in [0.25, 0.3) is 22.2 Å². The van der Waals surface area contributed by atoms with Crippen molar-refractivity contribution in [2.75, 3.05) is 0 Å². The van der Waals surface area contributed by atoms with Crippen LogP contribution in [0.15, 0.2) is 48.5 Å². The molecule has 5 nitrogen and oxygen atoms in total. The Hall–Kier alpha value is -3.08. The summed E-state index contributed by atoms with van der Waals surface area (Å²) in [6.45, 7) is 2.35. The number of carbonyl (C=O) groups excluding carboxylic acids is 2. The number of hydrogen-bond acceptors (Lipinski definition) is 2. The summed E-state index contributed by atoms with van der Waals surface area (Å²) in [4.78, 5) is 23.8. The maximum absolute atomic E-state index is 12.2.